The van der Waals surface area contributed by atoms with Crippen molar-refractivity contribution in [3.63, 3.8) is 0 Å². The zero-order chi connectivity index (χ0) is 18.8. The molecule has 4 rings (SSSR count). The summed E-state index contributed by atoms with van der Waals surface area (Å²) >= 11 is 1.50. The summed E-state index contributed by atoms with van der Waals surface area (Å²) in [6.45, 7) is 6.04. The van der Waals surface area contributed by atoms with Crippen LogP contribution in [0, 0.1) is 0 Å². The van der Waals surface area contributed by atoms with Crippen LogP contribution in [0.15, 0.2) is 70.0 Å². The van der Waals surface area contributed by atoms with Gasteiger partial charge in [-0.3, -0.25) is 0 Å². The molecule has 0 aliphatic rings. The number of aromatic nitrogens is 1. The Kier molecular flexibility index (Phi) is 4.77. The van der Waals surface area contributed by atoms with E-state index in [4.69, 9.17) is 4.42 Å². The maximum absolute atomic E-state index is 12.6. The molecule has 0 bridgehead atoms. The molecule has 5 heteroatoms. The summed E-state index contributed by atoms with van der Waals surface area (Å²) in [4.78, 5) is 20.3. The van der Waals surface area contributed by atoms with Crippen molar-refractivity contribution in [2.24, 2.45) is 0 Å². The van der Waals surface area contributed by atoms with E-state index in [1.54, 1.807) is 0 Å². The molecule has 2 aromatic carbocycles. The van der Waals surface area contributed by atoms with Gasteiger partial charge in [-0.05, 0) is 37.6 Å². The molecular weight excluding hydrogens is 356 g/mol. The largest absolute Gasteiger partial charge is 0.422 e. The molecule has 0 aliphatic carbocycles. The number of anilines is 1. The van der Waals surface area contributed by atoms with Crippen LogP contribution in [0.3, 0.4) is 0 Å². The van der Waals surface area contributed by atoms with E-state index in [1.165, 1.54) is 11.3 Å². The number of hydrogen-bond donors (Lipinski definition) is 0. The molecule has 2 heterocycles. The lowest BCUT2D eigenvalue weighted by Gasteiger charge is -2.20. The molecule has 0 amide bonds. The Morgan fingerprint density at radius 2 is 1.81 bits per heavy atom. The number of benzene rings is 2. The monoisotopic (exact) mass is 376 g/mol. The molecular formula is C22H20N2O2S. The van der Waals surface area contributed by atoms with Gasteiger partial charge in [0.2, 0.25) is 0 Å². The molecule has 0 unspecified atom stereocenters. The molecule has 0 atom stereocenters. The van der Waals surface area contributed by atoms with Gasteiger partial charge in [-0.2, -0.15) is 0 Å². The summed E-state index contributed by atoms with van der Waals surface area (Å²) in [7, 11) is 0. The Labute approximate surface area is 161 Å². The van der Waals surface area contributed by atoms with Crippen molar-refractivity contribution in [1.82, 2.24) is 4.98 Å². The number of nitrogens with zero attached hydrogens (tertiary/aromatic N) is 2. The molecule has 0 fully saturated rings. The molecule has 0 radical (unpaired) electrons. The second-order valence-corrected chi connectivity index (χ2v) is 7.27. The Morgan fingerprint density at radius 1 is 1.04 bits per heavy atom. The molecule has 0 N–H and O–H groups in total. The van der Waals surface area contributed by atoms with Crippen LogP contribution in [0.2, 0.25) is 0 Å². The van der Waals surface area contributed by atoms with Crippen molar-refractivity contribution in [2.75, 3.05) is 18.0 Å². The van der Waals surface area contributed by atoms with Gasteiger partial charge in [0.25, 0.3) is 0 Å². The number of thiazole rings is 1. The van der Waals surface area contributed by atoms with E-state index < -0.39 is 0 Å². The highest BCUT2D eigenvalue weighted by Gasteiger charge is 2.13. The van der Waals surface area contributed by atoms with Gasteiger partial charge in [0.1, 0.15) is 10.6 Å². The van der Waals surface area contributed by atoms with Crippen LogP contribution in [0.5, 0.6) is 0 Å². The van der Waals surface area contributed by atoms with E-state index in [-0.39, 0.29) is 5.63 Å². The number of fused-ring (bicyclic) bond motifs is 1. The minimum Gasteiger partial charge on any atom is -0.422 e. The normalized spacial score (nSPS) is 11.0. The lowest BCUT2D eigenvalue weighted by Crippen LogP contribution is -2.21. The zero-order valence-electron chi connectivity index (χ0n) is 15.3. The van der Waals surface area contributed by atoms with E-state index in [0.717, 1.165) is 34.6 Å². The first-order chi connectivity index (χ1) is 13.2. The summed E-state index contributed by atoms with van der Waals surface area (Å²) in [6.07, 6.45) is 1.81. The van der Waals surface area contributed by atoms with Gasteiger partial charge in [0.15, 0.2) is 0 Å². The highest BCUT2D eigenvalue weighted by atomic mass is 32.1. The first kappa shape index (κ1) is 17.5. The summed E-state index contributed by atoms with van der Waals surface area (Å²) in [5, 5.41) is 1.58. The van der Waals surface area contributed by atoms with Crippen molar-refractivity contribution in [3.8, 4) is 21.0 Å². The smallest absolute Gasteiger partial charge is 0.346 e. The van der Waals surface area contributed by atoms with Crippen LogP contribution in [-0.2, 0) is 0 Å². The number of hydrogen-bond acceptors (Lipinski definition) is 5. The van der Waals surface area contributed by atoms with Crippen molar-refractivity contribution < 1.29 is 4.42 Å². The molecule has 4 aromatic rings. The maximum atomic E-state index is 12.6. The minimum atomic E-state index is -0.354. The van der Waals surface area contributed by atoms with Gasteiger partial charge in [-0.15, -0.1) is 11.3 Å². The van der Waals surface area contributed by atoms with Crippen molar-refractivity contribution in [2.45, 2.75) is 13.8 Å². The van der Waals surface area contributed by atoms with Crippen LogP contribution in [-0.4, -0.2) is 18.1 Å². The number of rotatable bonds is 5. The minimum absolute atomic E-state index is 0.354. The van der Waals surface area contributed by atoms with Crippen LogP contribution in [0.25, 0.3) is 32.0 Å². The maximum Gasteiger partial charge on any atom is 0.346 e. The Balaban J connectivity index is 1.75. The van der Waals surface area contributed by atoms with Gasteiger partial charge in [-0.25, -0.2) is 9.78 Å². The molecule has 0 saturated heterocycles. The van der Waals surface area contributed by atoms with E-state index >= 15 is 0 Å². The SMILES string of the molecule is CCN(CC)c1ccc2cc(-c3ncc(-c4ccccc4)s3)c(=O)oc2c1. The van der Waals surface area contributed by atoms with Crippen LogP contribution in [0.4, 0.5) is 5.69 Å². The third-order valence-electron chi connectivity index (χ3n) is 4.64. The van der Waals surface area contributed by atoms with E-state index in [0.29, 0.717) is 16.2 Å². The summed E-state index contributed by atoms with van der Waals surface area (Å²) in [6, 6.07) is 17.9. The van der Waals surface area contributed by atoms with Gasteiger partial charge >= 0.3 is 5.63 Å². The molecule has 0 aliphatic heterocycles. The summed E-state index contributed by atoms with van der Waals surface area (Å²) < 4.78 is 5.63. The lowest BCUT2D eigenvalue weighted by molar-refractivity contribution is 0.563. The van der Waals surface area contributed by atoms with E-state index in [2.05, 4.69) is 29.8 Å². The topological polar surface area (TPSA) is 46.3 Å². The molecule has 2 aromatic heterocycles. The lowest BCUT2D eigenvalue weighted by atomic mass is 10.1. The summed E-state index contributed by atoms with van der Waals surface area (Å²) in [5.41, 5.74) is 2.91. The van der Waals surface area contributed by atoms with E-state index in [9.17, 15) is 4.79 Å². The van der Waals surface area contributed by atoms with Gasteiger partial charge in [0.05, 0.1) is 10.4 Å². The average Bonchev–Trinajstić information content (AvgIpc) is 3.19. The first-order valence-corrected chi connectivity index (χ1v) is 9.85. The molecule has 0 saturated carbocycles. The molecule has 27 heavy (non-hydrogen) atoms. The highest BCUT2D eigenvalue weighted by molar-refractivity contribution is 7.18. The average molecular weight is 376 g/mol. The Hall–Kier alpha value is -2.92. The third kappa shape index (κ3) is 3.38. The third-order valence-corrected chi connectivity index (χ3v) is 5.72. The zero-order valence-corrected chi connectivity index (χ0v) is 16.1. The van der Waals surface area contributed by atoms with Crippen molar-refractivity contribution >= 4 is 28.0 Å². The molecule has 4 nitrogen and oxygen atoms in total. The quantitative estimate of drug-likeness (QED) is 0.436. The predicted octanol–water partition coefficient (Wildman–Crippen LogP) is 5.43. The van der Waals surface area contributed by atoms with Gasteiger partial charge < -0.3 is 9.32 Å². The summed E-state index contributed by atoms with van der Waals surface area (Å²) in [5.74, 6) is 0. The Morgan fingerprint density at radius 3 is 2.56 bits per heavy atom. The van der Waals surface area contributed by atoms with Crippen LogP contribution >= 0.6 is 11.3 Å². The second-order valence-electron chi connectivity index (χ2n) is 6.24. The second kappa shape index (κ2) is 7.37. The fourth-order valence-electron chi connectivity index (χ4n) is 3.17. The predicted molar refractivity (Wildman–Crippen MR) is 113 cm³/mol. The molecule has 136 valence electrons. The Bertz CT molecular complexity index is 1130. The van der Waals surface area contributed by atoms with E-state index in [1.807, 2.05) is 54.7 Å². The fourth-order valence-corrected chi connectivity index (χ4v) is 4.09. The standard InChI is InChI=1S/C22H20N2O2S/c1-3-24(4-2)17-11-10-16-12-18(22(25)26-19(16)13-17)21-23-14-20(27-21)15-8-6-5-7-9-15/h5-14H,3-4H2,1-2H3. The first-order valence-electron chi connectivity index (χ1n) is 9.04. The van der Waals surface area contributed by atoms with Crippen LogP contribution in [0.1, 0.15) is 13.8 Å². The van der Waals surface area contributed by atoms with Crippen molar-refractivity contribution in [1.29, 1.82) is 0 Å². The highest BCUT2D eigenvalue weighted by Crippen LogP contribution is 2.32. The van der Waals surface area contributed by atoms with Crippen LogP contribution < -0.4 is 10.5 Å². The van der Waals surface area contributed by atoms with Crippen molar-refractivity contribution in [3.05, 3.63) is 71.2 Å². The van der Waals surface area contributed by atoms with Gasteiger partial charge in [-0.1, -0.05) is 30.3 Å². The van der Waals surface area contributed by atoms with Gasteiger partial charge in [0, 0.05) is 36.4 Å². The fraction of sp³-hybridized carbons (Fsp3) is 0.182. The molecule has 0 spiro atoms.